The van der Waals surface area contributed by atoms with Gasteiger partial charge in [-0.05, 0) is 54.0 Å². The second kappa shape index (κ2) is 5.88. The Bertz CT molecular complexity index is 347. The summed E-state index contributed by atoms with van der Waals surface area (Å²) >= 11 is 0. The van der Waals surface area contributed by atoms with Crippen LogP contribution in [0.2, 0.25) is 0 Å². The van der Waals surface area contributed by atoms with Gasteiger partial charge in [-0.2, -0.15) is 0 Å². The second-order valence-corrected chi connectivity index (χ2v) is 6.30. The van der Waals surface area contributed by atoms with Crippen LogP contribution in [0.15, 0.2) is 0 Å². The number of ether oxygens (including phenoxy) is 1. The lowest BCUT2D eigenvalue weighted by Crippen LogP contribution is -2.62. The van der Waals surface area contributed by atoms with Crippen LogP contribution in [0.4, 0.5) is 0 Å². The molecule has 0 heterocycles. The molecule has 6 heteroatoms. The third-order valence-electron chi connectivity index (χ3n) is 3.18. The fraction of sp³-hybridized carbons (Fsp3) is 0.846. The molecule has 0 aromatic carbocycles. The van der Waals surface area contributed by atoms with Crippen molar-refractivity contribution in [2.75, 3.05) is 6.54 Å². The Hall–Kier alpha value is -1.14. The number of carbonyl (C=O) groups excluding carboxylic acids is 1. The van der Waals surface area contributed by atoms with Gasteiger partial charge in [-0.15, -0.1) is 0 Å². The Morgan fingerprint density at radius 2 is 1.63 bits per heavy atom. The van der Waals surface area contributed by atoms with Gasteiger partial charge in [0.1, 0.15) is 11.1 Å². The van der Waals surface area contributed by atoms with E-state index in [9.17, 15) is 14.7 Å². The Morgan fingerprint density at radius 1 is 1.16 bits per heavy atom. The number of carboxylic acids is 1. The number of aliphatic carboxylic acids is 1. The monoisotopic (exact) mass is 274 g/mol. The van der Waals surface area contributed by atoms with Crippen LogP contribution in [-0.4, -0.2) is 34.7 Å². The fourth-order valence-electron chi connectivity index (χ4n) is 1.66. The third kappa shape index (κ3) is 4.18. The van der Waals surface area contributed by atoms with Gasteiger partial charge in [0.05, 0.1) is 5.41 Å². The summed E-state index contributed by atoms with van der Waals surface area (Å²) in [5, 5.41) is 9.37. The minimum absolute atomic E-state index is 0.116. The molecule has 0 aromatic rings. The van der Waals surface area contributed by atoms with Crippen molar-refractivity contribution in [3.8, 4) is 0 Å². The van der Waals surface area contributed by atoms with Crippen LogP contribution in [0.3, 0.4) is 0 Å². The average molecular weight is 274 g/mol. The molecule has 0 bridgehead atoms. The van der Waals surface area contributed by atoms with Crippen LogP contribution >= 0.6 is 0 Å². The molecular weight excluding hydrogens is 248 g/mol. The Kier molecular flexibility index (Phi) is 5.53. The molecule has 0 spiro atoms. The predicted molar refractivity (Wildman–Crippen MR) is 72.5 cm³/mol. The quantitative estimate of drug-likeness (QED) is 0.619. The summed E-state index contributed by atoms with van der Waals surface area (Å²) in [7, 11) is 0. The van der Waals surface area contributed by atoms with Crippen LogP contribution in [-0.2, 0) is 14.3 Å². The number of esters is 1. The molecule has 0 aliphatic heterocycles. The number of hydrogen-bond acceptors (Lipinski definition) is 5. The standard InChI is InChI=1S/C13H26N2O4/c1-11(2,3)19-10(18)12(4,5)13(15,9(16)17)7-6-8-14/h6-8,14-15H2,1-5H3,(H,16,17). The zero-order valence-corrected chi connectivity index (χ0v) is 12.4. The molecule has 0 fully saturated rings. The van der Waals surface area contributed by atoms with E-state index >= 15 is 0 Å². The van der Waals surface area contributed by atoms with E-state index in [4.69, 9.17) is 16.2 Å². The highest BCUT2D eigenvalue weighted by molar-refractivity contribution is 5.90. The van der Waals surface area contributed by atoms with E-state index in [1.807, 2.05) is 0 Å². The maximum Gasteiger partial charge on any atom is 0.324 e. The van der Waals surface area contributed by atoms with Crippen molar-refractivity contribution in [1.29, 1.82) is 0 Å². The first-order valence-electron chi connectivity index (χ1n) is 6.34. The molecule has 112 valence electrons. The zero-order valence-electron chi connectivity index (χ0n) is 12.4. The van der Waals surface area contributed by atoms with E-state index in [0.29, 0.717) is 13.0 Å². The van der Waals surface area contributed by atoms with Gasteiger partial charge < -0.3 is 21.3 Å². The van der Waals surface area contributed by atoms with Gasteiger partial charge >= 0.3 is 11.9 Å². The van der Waals surface area contributed by atoms with Gasteiger partial charge in [0, 0.05) is 0 Å². The van der Waals surface area contributed by atoms with Crippen LogP contribution in [0.5, 0.6) is 0 Å². The molecule has 0 rings (SSSR count). The summed E-state index contributed by atoms with van der Waals surface area (Å²) in [5.74, 6) is -1.85. The smallest absolute Gasteiger partial charge is 0.324 e. The van der Waals surface area contributed by atoms with Crippen molar-refractivity contribution in [2.24, 2.45) is 16.9 Å². The number of carbonyl (C=O) groups is 2. The molecule has 0 radical (unpaired) electrons. The maximum atomic E-state index is 12.2. The van der Waals surface area contributed by atoms with Gasteiger partial charge in [0.2, 0.25) is 0 Å². The van der Waals surface area contributed by atoms with Gasteiger partial charge in [-0.3, -0.25) is 9.59 Å². The summed E-state index contributed by atoms with van der Waals surface area (Å²) in [4.78, 5) is 23.7. The predicted octanol–water partition coefficient (Wildman–Crippen LogP) is 0.875. The molecule has 0 saturated heterocycles. The maximum absolute atomic E-state index is 12.2. The lowest BCUT2D eigenvalue weighted by molar-refractivity contribution is -0.176. The summed E-state index contributed by atoms with van der Waals surface area (Å²) in [6.07, 6.45) is 0.542. The number of carboxylic acid groups (broad SMARTS) is 1. The average Bonchev–Trinajstić information content (AvgIpc) is 2.22. The van der Waals surface area contributed by atoms with E-state index in [0.717, 1.165) is 0 Å². The lowest BCUT2D eigenvalue weighted by atomic mass is 9.70. The topological polar surface area (TPSA) is 116 Å². The van der Waals surface area contributed by atoms with E-state index < -0.39 is 28.5 Å². The van der Waals surface area contributed by atoms with Crippen molar-refractivity contribution in [3.63, 3.8) is 0 Å². The number of rotatable bonds is 6. The molecule has 0 aromatic heterocycles. The SMILES string of the molecule is CC(C)(C)OC(=O)C(C)(C)C(N)(CCCN)C(=O)O. The lowest BCUT2D eigenvalue weighted by Gasteiger charge is -2.40. The van der Waals surface area contributed by atoms with Crippen molar-refractivity contribution >= 4 is 11.9 Å². The van der Waals surface area contributed by atoms with Crippen molar-refractivity contribution in [2.45, 2.75) is 58.6 Å². The highest BCUT2D eigenvalue weighted by Gasteiger charge is 2.54. The van der Waals surface area contributed by atoms with Gasteiger partial charge in [-0.25, -0.2) is 0 Å². The first-order valence-corrected chi connectivity index (χ1v) is 6.34. The van der Waals surface area contributed by atoms with Gasteiger partial charge in [-0.1, -0.05) is 0 Å². The summed E-state index contributed by atoms with van der Waals surface area (Å²) in [6.45, 7) is 8.47. The third-order valence-corrected chi connectivity index (χ3v) is 3.18. The molecule has 6 nitrogen and oxygen atoms in total. The molecule has 1 atom stereocenters. The molecular formula is C13H26N2O4. The van der Waals surface area contributed by atoms with Crippen LogP contribution in [0.1, 0.15) is 47.5 Å². The first kappa shape index (κ1) is 17.9. The summed E-state index contributed by atoms with van der Waals surface area (Å²) in [6, 6.07) is 0. The normalized spacial score (nSPS) is 15.7. The number of nitrogens with two attached hydrogens (primary N) is 2. The molecule has 0 amide bonds. The molecule has 1 unspecified atom stereocenters. The molecule has 0 saturated carbocycles. The van der Waals surface area contributed by atoms with Gasteiger partial charge in [0.25, 0.3) is 0 Å². The number of hydrogen-bond donors (Lipinski definition) is 3. The highest BCUT2D eigenvalue weighted by atomic mass is 16.6. The molecule has 5 N–H and O–H groups in total. The Morgan fingerprint density at radius 3 is 1.95 bits per heavy atom. The Labute approximate surface area is 114 Å². The minimum Gasteiger partial charge on any atom is -0.480 e. The van der Waals surface area contributed by atoms with Crippen LogP contribution in [0, 0.1) is 5.41 Å². The fourth-order valence-corrected chi connectivity index (χ4v) is 1.66. The van der Waals surface area contributed by atoms with Crippen LogP contribution < -0.4 is 11.5 Å². The first-order chi connectivity index (χ1) is 8.38. The molecule has 19 heavy (non-hydrogen) atoms. The van der Waals surface area contributed by atoms with E-state index in [2.05, 4.69) is 0 Å². The Balaban J connectivity index is 5.30. The van der Waals surface area contributed by atoms with E-state index in [1.54, 1.807) is 20.8 Å². The summed E-state index contributed by atoms with van der Waals surface area (Å²) < 4.78 is 5.27. The second-order valence-electron chi connectivity index (χ2n) is 6.30. The largest absolute Gasteiger partial charge is 0.480 e. The van der Waals surface area contributed by atoms with Crippen molar-refractivity contribution in [1.82, 2.24) is 0 Å². The summed E-state index contributed by atoms with van der Waals surface area (Å²) in [5.41, 5.74) is 7.62. The van der Waals surface area contributed by atoms with E-state index in [-0.39, 0.29) is 6.42 Å². The van der Waals surface area contributed by atoms with Crippen LogP contribution in [0.25, 0.3) is 0 Å². The zero-order chi connectivity index (χ0) is 15.5. The molecule has 0 aliphatic rings. The molecule has 0 aliphatic carbocycles. The van der Waals surface area contributed by atoms with Crippen molar-refractivity contribution in [3.05, 3.63) is 0 Å². The van der Waals surface area contributed by atoms with Gasteiger partial charge in [0.15, 0.2) is 0 Å². The minimum atomic E-state index is -1.70. The van der Waals surface area contributed by atoms with Crippen molar-refractivity contribution < 1.29 is 19.4 Å². The van der Waals surface area contributed by atoms with E-state index in [1.165, 1.54) is 13.8 Å². The highest BCUT2D eigenvalue weighted by Crippen LogP contribution is 2.35.